The summed E-state index contributed by atoms with van der Waals surface area (Å²) in [7, 11) is -3.70. The molecule has 0 saturated heterocycles. The summed E-state index contributed by atoms with van der Waals surface area (Å²) in [6, 6.07) is 0. The van der Waals surface area contributed by atoms with Crippen molar-refractivity contribution >= 4 is 24.6 Å². The minimum absolute atomic E-state index is 0.113. The molecule has 2 aromatic rings. The van der Waals surface area contributed by atoms with E-state index in [9.17, 15) is 9.46 Å². The molecule has 0 aromatic carbocycles. The second kappa shape index (κ2) is 8.21. The van der Waals surface area contributed by atoms with E-state index in [1.807, 2.05) is 6.92 Å². The molecule has 10 nitrogen and oxygen atoms in total. The average molecular weight is 345 g/mol. The molecule has 0 radical (unpaired) electrons. The smallest absolute Gasteiger partial charge is 0.353 e. The highest BCUT2D eigenvalue weighted by Crippen LogP contribution is 2.41. The largest absolute Gasteiger partial charge is 0.408 e. The second-order valence-electron chi connectivity index (χ2n) is 4.70. The zero-order valence-electron chi connectivity index (χ0n) is 12.8. The van der Waals surface area contributed by atoms with E-state index in [0.717, 1.165) is 12.8 Å². The maximum Gasteiger partial charge on any atom is 0.353 e. The Labute approximate surface area is 133 Å². The second-order valence-corrected chi connectivity index (χ2v) is 6.49. The van der Waals surface area contributed by atoms with Crippen LogP contribution in [0, 0.1) is 0 Å². The Morgan fingerprint density at radius 3 is 2.91 bits per heavy atom. The Bertz CT molecular complexity index is 679. The summed E-state index contributed by atoms with van der Waals surface area (Å²) >= 11 is 0. The predicted octanol–water partition coefficient (Wildman–Crippen LogP) is 0.813. The summed E-state index contributed by atoms with van der Waals surface area (Å²) in [5, 5.41) is 0. The molecule has 0 aliphatic carbocycles. The lowest BCUT2D eigenvalue weighted by molar-refractivity contribution is 0.0505. The number of aromatic nitrogens is 4. The van der Waals surface area contributed by atoms with Gasteiger partial charge in [-0.25, -0.2) is 15.0 Å². The SMILES string of the molecule is CCCCOP(=O)(O)COCCOn1cnc2c(N)ncnc21. The molecule has 1 atom stereocenters. The molecule has 3 N–H and O–H groups in total. The van der Waals surface area contributed by atoms with E-state index >= 15 is 0 Å². The van der Waals surface area contributed by atoms with Crippen molar-refractivity contribution in [3.63, 3.8) is 0 Å². The van der Waals surface area contributed by atoms with E-state index in [0.29, 0.717) is 11.2 Å². The number of ether oxygens (including phenoxy) is 1. The molecule has 2 aromatic heterocycles. The Morgan fingerprint density at radius 1 is 1.30 bits per heavy atom. The van der Waals surface area contributed by atoms with Crippen molar-refractivity contribution in [2.75, 3.05) is 31.9 Å². The lowest BCUT2D eigenvalue weighted by Crippen LogP contribution is -2.17. The Kier molecular flexibility index (Phi) is 6.28. The summed E-state index contributed by atoms with van der Waals surface area (Å²) in [5.74, 6) is 0.263. The van der Waals surface area contributed by atoms with Crippen LogP contribution in [0.15, 0.2) is 12.7 Å². The highest BCUT2D eigenvalue weighted by atomic mass is 31.2. The Balaban J connectivity index is 1.73. The van der Waals surface area contributed by atoms with Crippen LogP contribution in [0.1, 0.15) is 19.8 Å². The van der Waals surface area contributed by atoms with E-state index in [1.54, 1.807) is 0 Å². The molecule has 0 spiro atoms. The number of rotatable bonds is 10. The summed E-state index contributed by atoms with van der Waals surface area (Å²) < 4.78 is 23.0. The molecular formula is C12H20N5O5P. The highest BCUT2D eigenvalue weighted by molar-refractivity contribution is 7.52. The number of hydrogen-bond donors (Lipinski definition) is 2. The first kappa shape index (κ1) is 17.6. The van der Waals surface area contributed by atoms with Crippen LogP contribution in [0.3, 0.4) is 0 Å². The van der Waals surface area contributed by atoms with Crippen molar-refractivity contribution in [1.29, 1.82) is 0 Å². The summed E-state index contributed by atoms with van der Waals surface area (Å²) in [6.07, 6.45) is 3.97. The Morgan fingerprint density at radius 2 is 2.13 bits per heavy atom. The van der Waals surface area contributed by atoms with Crippen molar-refractivity contribution < 1.29 is 23.6 Å². The minimum atomic E-state index is -3.70. The first-order chi connectivity index (χ1) is 11.0. The molecule has 0 amide bonds. The van der Waals surface area contributed by atoms with Crippen molar-refractivity contribution in [2.45, 2.75) is 19.8 Å². The fourth-order valence-corrected chi connectivity index (χ4v) is 2.54. The van der Waals surface area contributed by atoms with Gasteiger partial charge in [0.1, 0.15) is 25.6 Å². The molecule has 0 aliphatic heterocycles. The van der Waals surface area contributed by atoms with Gasteiger partial charge in [-0.15, -0.1) is 0 Å². The van der Waals surface area contributed by atoms with E-state index < -0.39 is 7.60 Å². The normalized spacial score (nSPS) is 14.0. The molecule has 11 heteroatoms. The lowest BCUT2D eigenvalue weighted by Gasteiger charge is -2.12. The summed E-state index contributed by atoms with van der Waals surface area (Å²) in [6.45, 7) is 2.47. The number of hydrogen-bond acceptors (Lipinski definition) is 8. The van der Waals surface area contributed by atoms with Gasteiger partial charge >= 0.3 is 7.60 Å². The van der Waals surface area contributed by atoms with Crippen LogP contribution in [-0.4, -0.2) is 50.7 Å². The number of anilines is 1. The van der Waals surface area contributed by atoms with E-state index in [1.165, 1.54) is 17.4 Å². The van der Waals surface area contributed by atoms with E-state index in [4.69, 9.17) is 19.8 Å². The fraction of sp³-hybridized carbons (Fsp3) is 0.583. The molecule has 2 rings (SSSR count). The minimum Gasteiger partial charge on any atom is -0.408 e. The van der Waals surface area contributed by atoms with Gasteiger partial charge in [0, 0.05) is 0 Å². The monoisotopic (exact) mass is 345 g/mol. The van der Waals surface area contributed by atoms with E-state index in [-0.39, 0.29) is 32.0 Å². The maximum atomic E-state index is 11.6. The topological polar surface area (TPSA) is 135 Å². The van der Waals surface area contributed by atoms with Gasteiger partial charge in [-0.2, -0.15) is 4.73 Å². The first-order valence-electron chi connectivity index (χ1n) is 7.14. The molecular weight excluding hydrogens is 325 g/mol. The third kappa shape index (κ3) is 5.14. The number of nitrogen functional groups attached to an aromatic ring is 1. The molecule has 2 heterocycles. The highest BCUT2D eigenvalue weighted by Gasteiger charge is 2.19. The molecule has 0 saturated carbocycles. The molecule has 1 unspecified atom stereocenters. The van der Waals surface area contributed by atoms with Crippen molar-refractivity contribution in [1.82, 2.24) is 19.7 Å². The summed E-state index contributed by atoms with van der Waals surface area (Å²) in [4.78, 5) is 26.8. The first-order valence-corrected chi connectivity index (χ1v) is 8.90. The zero-order chi connectivity index (χ0) is 16.7. The van der Waals surface area contributed by atoms with Gasteiger partial charge in [-0.05, 0) is 6.42 Å². The quantitative estimate of drug-likeness (QED) is 0.474. The number of fused-ring (bicyclic) bond motifs is 1. The van der Waals surface area contributed by atoms with E-state index in [2.05, 4.69) is 15.0 Å². The van der Waals surface area contributed by atoms with Gasteiger partial charge in [0.25, 0.3) is 0 Å². The predicted molar refractivity (Wildman–Crippen MR) is 82.7 cm³/mol. The van der Waals surface area contributed by atoms with Crippen molar-refractivity contribution in [3.8, 4) is 0 Å². The Hall–Kier alpha value is -1.74. The molecule has 0 bridgehead atoms. The van der Waals surface area contributed by atoms with Gasteiger partial charge in [0.05, 0.1) is 13.2 Å². The maximum absolute atomic E-state index is 11.6. The molecule has 0 fully saturated rings. The van der Waals surface area contributed by atoms with Crippen LogP contribution < -0.4 is 10.6 Å². The third-order valence-electron chi connectivity index (χ3n) is 2.84. The average Bonchev–Trinajstić information content (AvgIpc) is 2.92. The number of nitrogens with two attached hydrogens (primary N) is 1. The van der Waals surface area contributed by atoms with Crippen LogP contribution >= 0.6 is 7.60 Å². The fourth-order valence-electron chi connectivity index (χ4n) is 1.69. The van der Waals surface area contributed by atoms with Crippen LogP contribution in [0.5, 0.6) is 0 Å². The van der Waals surface area contributed by atoms with Crippen LogP contribution in [0.4, 0.5) is 5.82 Å². The number of unbranched alkanes of at least 4 members (excludes halogenated alkanes) is 1. The standard InChI is InChI=1S/C12H20N5O5P/c1-2-3-4-22-23(18,19)9-20-5-6-21-17-8-16-10-11(13)14-7-15-12(10)17/h7-8H,2-6,9H2,1H3,(H,18,19)(H2,13,14,15). The van der Waals surface area contributed by atoms with Crippen LogP contribution in [0.2, 0.25) is 0 Å². The molecule has 23 heavy (non-hydrogen) atoms. The zero-order valence-corrected chi connectivity index (χ0v) is 13.7. The summed E-state index contributed by atoms with van der Waals surface area (Å²) in [5.41, 5.74) is 6.54. The molecule has 128 valence electrons. The van der Waals surface area contributed by atoms with Gasteiger partial charge < -0.3 is 24.7 Å². The van der Waals surface area contributed by atoms with Gasteiger partial charge in [-0.3, -0.25) is 4.57 Å². The number of imidazole rings is 1. The van der Waals surface area contributed by atoms with Gasteiger partial charge in [-0.1, -0.05) is 13.3 Å². The van der Waals surface area contributed by atoms with Gasteiger partial charge in [0.15, 0.2) is 11.3 Å². The van der Waals surface area contributed by atoms with Crippen molar-refractivity contribution in [3.05, 3.63) is 12.7 Å². The van der Waals surface area contributed by atoms with Gasteiger partial charge in [0.2, 0.25) is 5.65 Å². The molecule has 0 aliphatic rings. The lowest BCUT2D eigenvalue weighted by atomic mass is 10.4. The number of nitrogens with zero attached hydrogens (tertiary/aromatic N) is 4. The van der Waals surface area contributed by atoms with Crippen molar-refractivity contribution in [2.24, 2.45) is 0 Å². The third-order valence-corrected chi connectivity index (χ3v) is 3.93. The van der Waals surface area contributed by atoms with Crippen LogP contribution in [-0.2, 0) is 13.8 Å². The van der Waals surface area contributed by atoms with Crippen LogP contribution in [0.25, 0.3) is 11.2 Å².